The third-order valence-corrected chi connectivity index (χ3v) is 4.12. The third kappa shape index (κ3) is 1.44. The first-order valence-electron chi connectivity index (χ1n) is 2.54. The van der Waals surface area contributed by atoms with E-state index in [1.54, 1.807) is 0 Å². The van der Waals surface area contributed by atoms with E-state index in [-0.39, 0.29) is 0 Å². The van der Waals surface area contributed by atoms with Gasteiger partial charge in [-0.1, -0.05) is 0 Å². The van der Waals surface area contributed by atoms with Gasteiger partial charge in [0, 0.05) is 6.61 Å². The zero-order chi connectivity index (χ0) is 5.33. The molecule has 1 fully saturated rings. The molecule has 0 spiro atoms. The fraction of sp³-hybridized carbons (Fsp3) is 1.00. The topological polar surface area (TPSA) is 9.23 Å². The van der Waals surface area contributed by atoms with Crippen molar-refractivity contribution < 1.29 is 4.43 Å². The zero-order valence-electron chi connectivity index (χ0n) is 4.41. The van der Waals surface area contributed by atoms with Crippen molar-refractivity contribution in [3.05, 3.63) is 0 Å². The van der Waals surface area contributed by atoms with Crippen molar-refractivity contribution in [2.24, 2.45) is 0 Å². The van der Waals surface area contributed by atoms with Gasteiger partial charge in [-0.25, -0.2) is 0 Å². The second-order valence-corrected chi connectivity index (χ2v) is 7.44. The van der Waals surface area contributed by atoms with Crippen molar-refractivity contribution in [2.75, 3.05) is 6.61 Å². The van der Waals surface area contributed by atoms with Crippen LogP contribution in [0.15, 0.2) is 0 Å². The first kappa shape index (κ1) is 5.60. The Labute approximate surface area is 49.5 Å². The summed E-state index contributed by atoms with van der Waals surface area (Å²) in [7, 11) is -1.57. The highest BCUT2D eigenvalue weighted by Crippen LogP contribution is 2.24. The van der Waals surface area contributed by atoms with E-state index >= 15 is 0 Å². The van der Waals surface area contributed by atoms with Gasteiger partial charge in [0.1, 0.15) is 0 Å². The lowest BCUT2D eigenvalue weighted by Crippen LogP contribution is -2.19. The SMILES string of the molecule is C[Si]1(Cl)CCCO1. The zero-order valence-corrected chi connectivity index (χ0v) is 6.16. The van der Waals surface area contributed by atoms with Crippen molar-refractivity contribution in [1.82, 2.24) is 0 Å². The van der Waals surface area contributed by atoms with Crippen LogP contribution < -0.4 is 0 Å². The summed E-state index contributed by atoms with van der Waals surface area (Å²) in [4.78, 5) is 0. The third-order valence-electron chi connectivity index (χ3n) is 1.17. The Balaban J connectivity index is 2.40. The van der Waals surface area contributed by atoms with Crippen molar-refractivity contribution in [3.63, 3.8) is 0 Å². The summed E-state index contributed by atoms with van der Waals surface area (Å²) in [6.07, 6.45) is 1.17. The van der Waals surface area contributed by atoms with Crippen LogP contribution in [0.4, 0.5) is 0 Å². The van der Waals surface area contributed by atoms with Gasteiger partial charge in [0.2, 0.25) is 0 Å². The van der Waals surface area contributed by atoms with E-state index in [1.165, 1.54) is 6.42 Å². The van der Waals surface area contributed by atoms with E-state index in [4.69, 9.17) is 15.5 Å². The number of halogens is 1. The Bertz CT molecular complexity index is 66.1. The summed E-state index contributed by atoms with van der Waals surface area (Å²) in [5.74, 6) is 0. The lowest BCUT2D eigenvalue weighted by atomic mass is 10.5. The van der Waals surface area contributed by atoms with Gasteiger partial charge in [0.15, 0.2) is 0 Å². The maximum Gasteiger partial charge on any atom is 0.287 e. The normalized spacial score (nSPS) is 42.0. The molecule has 0 aromatic carbocycles. The summed E-state index contributed by atoms with van der Waals surface area (Å²) in [6.45, 7) is 2.94. The average Bonchev–Trinajstić information content (AvgIpc) is 1.84. The molecule has 0 aromatic rings. The fourth-order valence-electron chi connectivity index (χ4n) is 0.745. The standard InChI is InChI=1S/C4H9ClOSi/c1-7(5)4-2-3-6-7/h2-4H2,1H3. The van der Waals surface area contributed by atoms with Gasteiger partial charge in [-0.15, -0.1) is 11.1 Å². The van der Waals surface area contributed by atoms with Crippen LogP contribution in [-0.4, -0.2) is 14.2 Å². The Morgan fingerprint density at radius 3 is 2.57 bits per heavy atom. The molecule has 0 saturated carbocycles. The smallest absolute Gasteiger partial charge is 0.287 e. The van der Waals surface area contributed by atoms with Crippen LogP contribution in [-0.2, 0) is 4.43 Å². The molecule has 3 heteroatoms. The van der Waals surface area contributed by atoms with Crippen molar-refractivity contribution in [1.29, 1.82) is 0 Å². The van der Waals surface area contributed by atoms with Crippen molar-refractivity contribution in [3.8, 4) is 0 Å². The first-order valence-corrected chi connectivity index (χ1v) is 6.16. The Hall–Kier alpha value is 0.467. The molecular weight excluding hydrogens is 128 g/mol. The molecule has 0 N–H and O–H groups in total. The highest BCUT2D eigenvalue weighted by atomic mass is 35.6. The quantitative estimate of drug-likeness (QED) is 0.364. The number of hydrogen-bond acceptors (Lipinski definition) is 1. The lowest BCUT2D eigenvalue weighted by Gasteiger charge is -2.06. The van der Waals surface area contributed by atoms with E-state index in [2.05, 4.69) is 0 Å². The van der Waals surface area contributed by atoms with Gasteiger partial charge < -0.3 is 4.43 Å². The van der Waals surface area contributed by atoms with Crippen molar-refractivity contribution >= 4 is 18.7 Å². The number of rotatable bonds is 0. The minimum atomic E-state index is -1.57. The molecule has 1 heterocycles. The summed E-state index contributed by atoms with van der Waals surface area (Å²) < 4.78 is 5.24. The second-order valence-electron chi connectivity index (χ2n) is 2.05. The van der Waals surface area contributed by atoms with Crippen LogP contribution in [0.25, 0.3) is 0 Å². The summed E-state index contributed by atoms with van der Waals surface area (Å²) in [5, 5.41) is 0. The van der Waals surface area contributed by atoms with Crippen LogP contribution in [0.5, 0.6) is 0 Å². The van der Waals surface area contributed by atoms with Crippen LogP contribution >= 0.6 is 11.1 Å². The average molecular weight is 137 g/mol. The molecular formula is C4H9ClOSi. The van der Waals surface area contributed by atoms with Crippen molar-refractivity contribution in [2.45, 2.75) is 19.0 Å². The highest BCUT2D eigenvalue weighted by Gasteiger charge is 2.30. The Morgan fingerprint density at radius 1 is 1.71 bits per heavy atom. The minimum Gasteiger partial charge on any atom is -0.403 e. The molecule has 0 bridgehead atoms. The van der Waals surface area contributed by atoms with E-state index in [9.17, 15) is 0 Å². The highest BCUT2D eigenvalue weighted by molar-refractivity contribution is 7.16. The second kappa shape index (κ2) is 1.76. The summed E-state index contributed by atoms with van der Waals surface area (Å²) >= 11 is 5.88. The van der Waals surface area contributed by atoms with E-state index in [0.29, 0.717) is 0 Å². The number of hydrogen-bond donors (Lipinski definition) is 0. The summed E-state index contributed by atoms with van der Waals surface area (Å²) in [6, 6.07) is 1.13. The first-order chi connectivity index (χ1) is 3.21. The molecule has 0 amide bonds. The molecule has 1 saturated heterocycles. The van der Waals surface area contributed by atoms with Gasteiger partial charge in [-0.3, -0.25) is 0 Å². The van der Waals surface area contributed by atoms with Crippen LogP contribution in [0.2, 0.25) is 12.6 Å². The monoisotopic (exact) mass is 136 g/mol. The maximum atomic E-state index is 5.88. The summed E-state index contributed by atoms with van der Waals surface area (Å²) in [5.41, 5.74) is 0. The van der Waals surface area contributed by atoms with E-state index in [0.717, 1.165) is 12.7 Å². The Morgan fingerprint density at radius 2 is 2.43 bits per heavy atom. The molecule has 0 radical (unpaired) electrons. The van der Waals surface area contributed by atoms with Crippen LogP contribution in [0.3, 0.4) is 0 Å². The fourth-order valence-corrected chi connectivity index (χ4v) is 2.87. The predicted molar refractivity (Wildman–Crippen MR) is 32.8 cm³/mol. The largest absolute Gasteiger partial charge is 0.403 e. The molecule has 7 heavy (non-hydrogen) atoms. The van der Waals surface area contributed by atoms with E-state index < -0.39 is 7.63 Å². The maximum absolute atomic E-state index is 5.88. The molecule has 42 valence electrons. The lowest BCUT2D eigenvalue weighted by molar-refractivity contribution is 0.358. The van der Waals surface area contributed by atoms with Gasteiger partial charge in [-0.05, 0) is 19.0 Å². The molecule has 1 aliphatic heterocycles. The molecule has 0 aliphatic carbocycles. The van der Waals surface area contributed by atoms with E-state index in [1.807, 2.05) is 6.55 Å². The van der Waals surface area contributed by atoms with Gasteiger partial charge >= 0.3 is 0 Å². The predicted octanol–water partition coefficient (Wildman–Crippen LogP) is 1.72. The molecule has 1 aliphatic rings. The van der Waals surface area contributed by atoms with Crippen LogP contribution in [0, 0.1) is 0 Å². The van der Waals surface area contributed by atoms with Gasteiger partial charge in [-0.2, -0.15) is 0 Å². The minimum absolute atomic E-state index is 0.895. The molecule has 1 atom stereocenters. The van der Waals surface area contributed by atoms with Crippen LogP contribution in [0.1, 0.15) is 6.42 Å². The molecule has 1 nitrogen and oxygen atoms in total. The van der Waals surface area contributed by atoms with Gasteiger partial charge in [0.05, 0.1) is 0 Å². The molecule has 1 unspecified atom stereocenters. The molecule has 1 rings (SSSR count). The van der Waals surface area contributed by atoms with Gasteiger partial charge in [0.25, 0.3) is 7.63 Å². The molecule has 0 aromatic heterocycles. The Kier molecular flexibility index (Phi) is 1.41.